The number of hydrogen-bond donors (Lipinski definition) is 0. The Morgan fingerprint density at radius 1 is 1.47 bits per heavy atom. The lowest BCUT2D eigenvalue weighted by Crippen LogP contribution is -2.41. The van der Waals surface area contributed by atoms with Gasteiger partial charge in [-0.3, -0.25) is 4.79 Å². The number of para-hydroxylation sites is 1. The SMILES string of the molecule is CC(C)N(C(=O)COc1ccccc1C#N)C1CC1. The maximum absolute atomic E-state index is 12.2. The van der Waals surface area contributed by atoms with Crippen molar-refractivity contribution >= 4 is 5.91 Å². The third-order valence-electron chi connectivity index (χ3n) is 3.14. The molecule has 19 heavy (non-hydrogen) atoms. The van der Waals surface area contributed by atoms with E-state index < -0.39 is 0 Å². The van der Waals surface area contributed by atoms with E-state index in [9.17, 15) is 4.79 Å². The largest absolute Gasteiger partial charge is 0.482 e. The van der Waals surface area contributed by atoms with Crippen LogP contribution in [-0.4, -0.2) is 29.5 Å². The summed E-state index contributed by atoms with van der Waals surface area (Å²) in [5, 5.41) is 8.95. The minimum absolute atomic E-state index is 0.00657. The molecule has 4 nitrogen and oxygen atoms in total. The molecule has 0 saturated heterocycles. The fourth-order valence-electron chi connectivity index (χ4n) is 2.16. The fraction of sp³-hybridized carbons (Fsp3) is 0.467. The van der Waals surface area contributed by atoms with Crippen molar-refractivity contribution in [2.45, 2.75) is 38.8 Å². The molecule has 0 unspecified atom stereocenters. The number of carbonyl (C=O) groups is 1. The van der Waals surface area contributed by atoms with E-state index in [1.165, 1.54) is 0 Å². The number of nitriles is 1. The van der Waals surface area contributed by atoms with Crippen LogP contribution in [0.15, 0.2) is 24.3 Å². The second-order valence-electron chi connectivity index (χ2n) is 5.02. The van der Waals surface area contributed by atoms with Crippen LogP contribution in [0.1, 0.15) is 32.3 Å². The summed E-state index contributed by atoms with van der Waals surface area (Å²) in [6.45, 7) is 4.02. The number of ether oxygens (including phenoxy) is 1. The minimum Gasteiger partial charge on any atom is -0.482 e. The number of benzene rings is 1. The zero-order chi connectivity index (χ0) is 13.8. The summed E-state index contributed by atoms with van der Waals surface area (Å²) in [6.07, 6.45) is 2.16. The number of nitrogens with zero attached hydrogens (tertiary/aromatic N) is 2. The van der Waals surface area contributed by atoms with E-state index in [1.54, 1.807) is 24.3 Å². The highest BCUT2D eigenvalue weighted by atomic mass is 16.5. The maximum Gasteiger partial charge on any atom is 0.260 e. The predicted octanol–water partition coefficient (Wildman–Crippen LogP) is 2.34. The van der Waals surface area contributed by atoms with Gasteiger partial charge in [-0.2, -0.15) is 5.26 Å². The Morgan fingerprint density at radius 2 is 2.16 bits per heavy atom. The number of amides is 1. The van der Waals surface area contributed by atoms with Gasteiger partial charge >= 0.3 is 0 Å². The molecule has 1 aromatic rings. The third kappa shape index (κ3) is 3.25. The Morgan fingerprint density at radius 3 is 2.74 bits per heavy atom. The van der Waals surface area contributed by atoms with Gasteiger partial charge in [-0.25, -0.2) is 0 Å². The molecule has 0 heterocycles. The van der Waals surface area contributed by atoms with Gasteiger partial charge in [-0.05, 0) is 38.8 Å². The first-order chi connectivity index (χ1) is 9.13. The van der Waals surface area contributed by atoms with Crippen LogP contribution in [0.25, 0.3) is 0 Å². The molecule has 1 fully saturated rings. The molecule has 1 aliphatic carbocycles. The summed E-state index contributed by atoms with van der Waals surface area (Å²) in [4.78, 5) is 14.0. The molecule has 4 heteroatoms. The highest BCUT2D eigenvalue weighted by molar-refractivity contribution is 5.78. The lowest BCUT2D eigenvalue weighted by molar-refractivity contribution is -0.135. The van der Waals surface area contributed by atoms with Crippen LogP contribution in [0, 0.1) is 11.3 Å². The fourth-order valence-corrected chi connectivity index (χ4v) is 2.16. The van der Waals surface area contributed by atoms with E-state index in [0.29, 0.717) is 17.4 Å². The average Bonchev–Trinajstić information content (AvgIpc) is 3.21. The van der Waals surface area contributed by atoms with Crippen LogP contribution in [0.3, 0.4) is 0 Å². The van der Waals surface area contributed by atoms with Gasteiger partial charge in [0.05, 0.1) is 5.56 Å². The Hall–Kier alpha value is -2.02. The van der Waals surface area contributed by atoms with Crippen LogP contribution in [0.2, 0.25) is 0 Å². The van der Waals surface area contributed by atoms with E-state index >= 15 is 0 Å². The summed E-state index contributed by atoms with van der Waals surface area (Å²) in [7, 11) is 0. The third-order valence-corrected chi connectivity index (χ3v) is 3.14. The van der Waals surface area contributed by atoms with Gasteiger partial charge in [-0.15, -0.1) is 0 Å². The molecule has 2 rings (SSSR count). The molecular formula is C15H18N2O2. The molecule has 0 radical (unpaired) electrons. The Labute approximate surface area is 113 Å². The van der Waals surface area contributed by atoms with Gasteiger partial charge in [0.25, 0.3) is 5.91 Å². The molecule has 1 amide bonds. The van der Waals surface area contributed by atoms with Crippen molar-refractivity contribution in [2.75, 3.05) is 6.61 Å². The van der Waals surface area contributed by atoms with Crippen molar-refractivity contribution in [1.82, 2.24) is 4.90 Å². The quantitative estimate of drug-likeness (QED) is 0.814. The number of hydrogen-bond acceptors (Lipinski definition) is 3. The van der Waals surface area contributed by atoms with Crippen molar-refractivity contribution < 1.29 is 9.53 Å². The van der Waals surface area contributed by atoms with E-state index in [-0.39, 0.29) is 18.6 Å². The van der Waals surface area contributed by atoms with E-state index in [0.717, 1.165) is 12.8 Å². The second-order valence-corrected chi connectivity index (χ2v) is 5.02. The lowest BCUT2D eigenvalue weighted by Gasteiger charge is -2.26. The van der Waals surface area contributed by atoms with E-state index in [2.05, 4.69) is 6.07 Å². The van der Waals surface area contributed by atoms with Gasteiger partial charge in [-0.1, -0.05) is 12.1 Å². The Bertz CT molecular complexity index is 499. The summed E-state index contributed by atoms with van der Waals surface area (Å²) >= 11 is 0. The predicted molar refractivity (Wildman–Crippen MR) is 71.7 cm³/mol. The van der Waals surface area contributed by atoms with Crippen LogP contribution >= 0.6 is 0 Å². The molecule has 1 aromatic carbocycles. The summed E-state index contributed by atoms with van der Waals surface area (Å²) in [5.74, 6) is 0.461. The standard InChI is InChI=1S/C15H18N2O2/c1-11(2)17(13-7-8-13)15(18)10-19-14-6-4-3-5-12(14)9-16/h3-6,11,13H,7-8,10H2,1-2H3. The normalized spacial score (nSPS) is 14.0. The average molecular weight is 258 g/mol. The summed E-state index contributed by atoms with van der Waals surface area (Å²) in [6, 6.07) is 9.58. The van der Waals surface area contributed by atoms with Crippen molar-refractivity contribution in [1.29, 1.82) is 5.26 Å². The molecular weight excluding hydrogens is 240 g/mol. The van der Waals surface area contributed by atoms with E-state index in [1.807, 2.05) is 18.7 Å². The van der Waals surface area contributed by atoms with Crippen molar-refractivity contribution in [3.63, 3.8) is 0 Å². The van der Waals surface area contributed by atoms with Crippen LogP contribution < -0.4 is 4.74 Å². The highest BCUT2D eigenvalue weighted by Gasteiger charge is 2.34. The number of carbonyl (C=O) groups excluding carboxylic acids is 1. The minimum atomic E-state index is -0.00903. The van der Waals surface area contributed by atoms with Crippen LogP contribution in [-0.2, 0) is 4.79 Å². The molecule has 0 aromatic heterocycles. The first-order valence-electron chi connectivity index (χ1n) is 6.56. The van der Waals surface area contributed by atoms with Gasteiger partial charge in [0, 0.05) is 12.1 Å². The molecule has 0 spiro atoms. The first kappa shape index (κ1) is 13.4. The lowest BCUT2D eigenvalue weighted by atomic mass is 10.2. The molecule has 0 bridgehead atoms. The maximum atomic E-state index is 12.2. The topological polar surface area (TPSA) is 53.3 Å². The molecule has 100 valence electrons. The molecule has 1 saturated carbocycles. The Balaban J connectivity index is 1.98. The van der Waals surface area contributed by atoms with E-state index in [4.69, 9.17) is 10.00 Å². The van der Waals surface area contributed by atoms with Crippen LogP contribution in [0.4, 0.5) is 0 Å². The zero-order valence-corrected chi connectivity index (χ0v) is 11.3. The van der Waals surface area contributed by atoms with Gasteiger partial charge < -0.3 is 9.64 Å². The van der Waals surface area contributed by atoms with Crippen LogP contribution in [0.5, 0.6) is 5.75 Å². The smallest absolute Gasteiger partial charge is 0.260 e. The summed E-state index contributed by atoms with van der Waals surface area (Å²) in [5.41, 5.74) is 0.456. The van der Waals surface area contributed by atoms with Crippen molar-refractivity contribution in [3.8, 4) is 11.8 Å². The first-order valence-corrected chi connectivity index (χ1v) is 6.56. The highest BCUT2D eigenvalue weighted by Crippen LogP contribution is 2.28. The van der Waals surface area contributed by atoms with Gasteiger partial charge in [0.15, 0.2) is 6.61 Å². The number of rotatable bonds is 5. The molecule has 0 atom stereocenters. The van der Waals surface area contributed by atoms with Gasteiger partial charge in [0.1, 0.15) is 11.8 Å². The molecule has 1 aliphatic rings. The monoisotopic (exact) mass is 258 g/mol. The van der Waals surface area contributed by atoms with Gasteiger partial charge in [0.2, 0.25) is 0 Å². The molecule has 0 aliphatic heterocycles. The molecule has 0 N–H and O–H groups in total. The zero-order valence-electron chi connectivity index (χ0n) is 11.3. The summed E-state index contributed by atoms with van der Waals surface area (Å²) < 4.78 is 5.49. The van der Waals surface area contributed by atoms with Crippen molar-refractivity contribution in [2.24, 2.45) is 0 Å². The van der Waals surface area contributed by atoms with Crippen molar-refractivity contribution in [3.05, 3.63) is 29.8 Å². The second kappa shape index (κ2) is 5.75. The Kier molecular flexibility index (Phi) is 4.06.